The molecule has 0 bridgehead atoms. The van der Waals surface area contributed by atoms with E-state index in [1.807, 2.05) is 67.6 Å². The van der Waals surface area contributed by atoms with E-state index in [4.69, 9.17) is 0 Å². The third kappa shape index (κ3) is 2.84. The third-order valence-corrected chi connectivity index (χ3v) is 5.77. The lowest BCUT2D eigenvalue weighted by Crippen LogP contribution is -2.13. The highest BCUT2D eigenvalue weighted by Gasteiger charge is 2.15. The molecule has 0 saturated carbocycles. The molecule has 5 aromatic rings. The number of nitrogens with one attached hydrogen (secondary N) is 2. The summed E-state index contributed by atoms with van der Waals surface area (Å²) in [6.45, 7) is 2.00. The Hall–Kier alpha value is -3.51. The molecule has 0 aliphatic carbocycles. The van der Waals surface area contributed by atoms with Crippen molar-refractivity contribution >= 4 is 44.2 Å². The molecular formula is C22H16N4OS. The van der Waals surface area contributed by atoms with E-state index >= 15 is 0 Å². The Morgan fingerprint density at radius 3 is 2.82 bits per heavy atom. The molecule has 2 aromatic carbocycles. The highest BCUT2D eigenvalue weighted by molar-refractivity contribution is 7.21. The number of hydrogen-bond acceptors (Lipinski definition) is 4. The van der Waals surface area contributed by atoms with E-state index in [-0.39, 0.29) is 5.91 Å². The van der Waals surface area contributed by atoms with E-state index in [1.54, 1.807) is 17.5 Å². The Morgan fingerprint density at radius 2 is 1.96 bits per heavy atom. The number of benzene rings is 2. The number of para-hydroxylation sites is 1. The number of amides is 1. The number of thiazole rings is 1. The van der Waals surface area contributed by atoms with Gasteiger partial charge < -0.3 is 10.3 Å². The van der Waals surface area contributed by atoms with E-state index < -0.39 is 0 Å². The lowest BCUT2D eigenvalue weighted by atomic mass is 10.1. The van der Waals surface area contributed by atoms with Crippen LogP contribution in [0, 0.1) is 6.92 Å². The fourth-order valence-electron chi connectivity index (χ4n) is 3.27. The summed E-state index contributed by atoms with van der Waals surface area (Å²) in [5.41, 5.74) is 5.11. The highest BCUT2D eigenvalue weighted by atomic mass is 32.1. The molecule has 0 fully saturated rings. The van der Waals surface area contributed by atoms with Crippen LogP contribution in [0.2, 0.25) is 0 Å². The number of anilines is 1. The molecule has 3 aromatic heterocycles. The fraction of sp³-hybridized carbons (Fsp3) is 0.0455. The predicted octanol–water partition coefficient (Wildman–Crippen LogP) is 5.40. The summed E-state index contributed by atoms with van der Waals surface area (Å²) >= 11 is 1.55. The number of carbonyl (C=O) groups excluding carboxylic acids is 1. The van der Waals surface area contributed by atoms with Gasteiger partial charge in [-0.1, -0.05) is 41.7 Å². The predicted molar refractivity (Wildman–Crippen MR) is 114 cm³/mol. The smallest absolute Gasteiger partial charge is 0.272 e. The summed E-state index contributed by atoms with van der Waals surface area (Å²) in [6, 6.07) is 19.4. The Bertz CT molecular complexity index is 1270. The van der Waals surface area contributed by atoms with Gasteiger partial charge in [0.25, 0.3) is 5.91 Å². The number of H-pyrrole nitrogens is 1. The third-order valence-electron chi connectivity index (χ3n) is 4.75. The zero-order chi connectivity index (χ0) is 19.1. The van der Waals surface area contributed by atoms with Crippen LogP contribution in [0.3, 0.4) is 0 Å². The number of aromatic nitrogens is 3. The molecule has 0 aliphatic rings. The van der Waals surface area contributed by atoms with Crippen LogP contribution in [0.5, 0.6) is 0 Å². The second-order valence-electron chi connectivity index (χ2n) is 6.55. The molecule has 0 spiro atoms. The molecule has 0 radical (unpaired) electrons. The summed E-state index contributed by atoms with van der Waals surface area (Å²) in [6.07, 6.45) is 1.77. The average molecular weight is 384 g/mol. The molecule has 28 heavy (non-hydrogen) atoms. The van der Waals surface area contributed by atoms with Crippen molar-refractivity contribution in [1.82, 2.24) is 15.0 Å². The molecular weight excluding hydrogens is 368 g/mol. The Balaban J connectivity index is 1.49. The molecule has 6 heteroatoms. The van der Waals surface area contributed by atoms with Crippen LogP contribution in [-0.4, -0.2) is 20.9 Å². The van der Waals surface area contributed by atoms with Crippen LogP contribution in [0.1, 0.15) is 16.1 Å². The van der Waals surface area contributed by atoms with E-state index in [9.17, 15) is 4.79 Å². The first-order valence-corrected chi connectivity index (χ1v) is 9.71. The summed E-state index contributed by atoms with van der Waals surface area (Å²) < 4.78 is 0. The van der Waals surface area contributed by atoms with E-state index in [0.717, 1.165) is 43.1 Å². The molecule has 0 aliphatic heterocycles. The van der Waals surface area contributed by atoms with Crippen molar-refractivity contribution in [2.75, 3.05) is 5.32 Å². The quantitative estimate of drug-likeness (QED) is 0.437. The fourth-order valence-corrected chi connectivity index (χ4v) is 4.26. The zero-order valence-electron chi connectivity index (χ0n) is 15.1. The van der Waals surface area contributed by atoms with Gasteiger partial charge in [-0.25, -0.2) is 9.97 Å². The topological polar surface area (TPSA) is 70.7 Å². The number of carbonyl (C=O) groups is 1. The van der Waals surface area contributed by atoms with Gasteiger partial charge in [0.15, 0.2) is 0 Å². The van der Waals surface area contributed by atoms with Gasteiger partial charge in [-0.05, 0) is 42.8 Å². The van der Waals surface area contributed by atoms with Gasteiger partial charge in [0, 0.05) is 28.4 Å². The molecule has 0 atom stereocenters. The van der Waals surface area contributed by atoms with Gasteiger partial charge in [-0.3, -0.25) is 4.79 Å². The number of hydrogen-bond donors (Lipinski definition) is 2. The van der Waals surface area contributed by atoms with Crippen molar-refractivity contribution in [3.05, 3.63) is 78.1 Å². The van der Waals surface area contributed by atoms with Crippen LogP contribution < -0.4 is 5.32 Å². The van der Waals surface area contributed by atoms with Crippen molar-refractivity contribution in [1.29, 1.82) is 0 Å². The molecule has 1 amide bonds. The number of aromatic amines is 1. The van der Waals surface area contributed by atoms with Crippen molar-refractivity contribution in [2.45, 2.75) is 6.92 Å². The minimum Gasteiger partial charge on any atom is -0.351 e. The first-order valence-electron chi connectivity index (χ1n) is 8.90. The normalized spacial score (nSPS) is 11.2. The van der Waals surface area contributed by atoms with Gasteiger partial charge in [0.2, 0.25) is 0 Å². The molecule has 136 valence electrons. The number of rotatable bonds is 3. The molecule has 5 nitrogen and oxygen atoms in total. The lowest BCUT2D eigenvalue weighted by molar-refractivity contribution is 0.102. The summed E-state index contributed by atoms with van der Waals surface area (Å²) in [7, 11) is 0. The van der Waals surface area contributed by atoms with Crippen molar-refractivity contribution < 1.29 is 4.79 Å². The van der Waals surface area contributed by atoms with Crippen LogP contribution in [-0.2, 0) is 0 Å². The lowest BCUT2D eigenvalue weighted by Gasteiger charge is -2.10. The van der Waals surface area contributed by atoms with E-state index in [0.29, 0.717) is 5.69 Å². The van der Waals surface area contributed by atoms with Crippen molar-refractivity contribution in [3.8, 4) is 10.6 Å². The largest absolute Gasteiger partial charge is 0.351 e. The zero-order valence-corrected chi connectivity index (χ0v) is 15.9. The maximum absolute atomic E-state index is 12.8. The highest BCUT2D eigenvalue weighted by Crippen LogP contribution is 2.33. The van der Waals surface area contributed by atoms with Crippen LogP contribution >= 0.6 is 11.3 Å². The average Bonchev–Trinajstić information content (AvgIpc) is 3.33. The summed E-state index contributed by atoms with van der Waals surface area (Å²) in [4.78, 5) is 25.9. The number of fused-ring (bicyclic) bond motifs is 2. The van der Waals surface area contributed by atoms with Gasteiger partial charge in [-0.2, -0.15) is 0 Å². The number of nitrogens with zero attached hydrogens (tertiary/aromatic N) is 2. The first-order chi connectivity index (χ1) is 13.7. The van der Waals surface area contributed by atoms with Crippen LogP contribution in [0.15, 0.2) is 66.9 Å². The van der Waals surface area contributed by atoms with Crippen LogP contribution in [0.4, 0.5) is 5.69 Å². The minimum atomic E-state index is -0.164. The van der Waals surface area contributed by atoms with Gasteiger partial charge >= 0.3 is 0 Å². The number of pyridine rings is 1. The molecule has 0 saturated heterocycles. The van der Waals surface area contributed by atoms with Gasteiger partial charge in [0.1, 0.15) is 21.0 Å². The molecule has 5 rings (SSSR count). The standard InChI is InChI=1S/C22H16N4OS/c1-13-15(21-26-18-10-5-11-23-22(18)28-21)7-4-9-16(13)25-20(27)19-12-14-6-2-3-8-17(14)24-19/h2-12,24H,1H3,(H,25,27). The Kier molecular flexibility index (Phi) is 3.91. The molecule has 3 heterocycles. The molecule has 0 unspecified atom stereocenters. The summed E-state index contributed by atoms with van der Waals surface area (Å²) in [5.74, 6) is -0.164. The summed E-state index contributed by atoms with van der Waals surface area (Å²) in [5, 5.41) is 4.93. The SMILES string of the molecule is Cc1c(NC(=O)c2cc3ccccc3[nH]2)cccc1-c1nc2cccnc2s1. The maximum atomic E-state index is 12.8. The molecule has 2 N–H and O–H groups in total. The van der Waals surface area contributed by atoms with Crippen molar-refractivity contribution in [2.24, 2.45) is 0 Å². The second-order valence-corrected chi connectivity index (χ2v) is 7.53. The van der Waals surface area contributed by atoms with Gasteiger partial charge in [-0.15, -0.1) is 0 Å². The van der Waals surface area contributed by atoms with Crippen LogP contribution in [0.25, 0.3) is 31.8 Å². The second kappa shape index (κ2) is 6.58. The minimum absolute atomic E-state index is 0.164. The van der Waals surface area contributed by atoms with Gasteiger partial charge in [0.05, 0.1) is 0 Å². The van der Waals surface area contributed by atoms with E-state index in [2.05, 4.69) is 20.3 Å². The monoisotopic (exact) mass is 384 g/mol. The van der Waals surface area contributed by atoms with Crippen molar-refractivity contribution in [3.63, 3.8) is 0 Å². The Morgan fingerprint density at radius 1 is 1.07 bits per heavy atom. The first kappa shape index (κ1) is 16.6. The maximum Gasteiger partial charge on any atom is 0.272 e. The Labute approximate surface area is 165 Å². The van der Waals surface area contributed by atoms with E-state index in [1.165, 1.54) is 0 Å².